The van der Waals surface area contributed by atoms with Crippen molar-refractivity contribution in [2.45, 2.75) is 31.8 Å². The van der Waals surface area contributed by atoms with Gasteiger partial charge in [0.2, 0.25) is 6.54 Å². The Labute approximate surface area is 104 Å². The van der Waals surface area contributed by atoms with E-state index in [0.29, 0.717) is 6.54 Å². The van der Waals surface area contributed by atoms with Crippen LogP contribution in [-0.2, 0) is 4.74 Å². The van der Waals surface area contributed by atoms with Gasteiger partial charge < -0.3 is 9.58 Å². The van der Waals surface area contributed by atoms with Crippen molar-refractivity contribution in [2.24, 2.45) is 0 Å². The number of nitrogens with zero attached hydrogens (tertiary/aromatic N) is 3. The lowest BCUT2D eigenvalue weighted by atomic mass is 9.83. The molecule has 0 aliphatic carbocycles. The van der Waals surface area contributed by atoms with Crippen molar-refractivity contribution in [1.82, 2.24) is 9.80 Å². The van der Waals surface area contributed by atoms with Crippen LogP contribution in [0.1, 0.15) is 20.8 Å². The van der Waals surface area contributed by atoms with E-state index in [4.69, 9.17) is 11.3 Å². The van der Waals surface area contributed by atoms with Gasteiger partial charge in [-0.1, -0.05) is 0 Å². The minimum absolute atomic E-state index is 0.0960. The quantitative estimate of drug-likeness (QED) is 0.671. The van der Waals surface area contributed by atoms with Gasteiger partial charge in [0.1, 0.15) is 5.54 Å². The maximum Gasteiger partial charge on any atom is 0.235 e. The smallest absolute Gasteiger partial charge is 0.235 e. The van der Waals surface area contributed by atoms with E-state index in [2.05, 4.69) is 35.4 Å². The monoisotopic (exact) mass is 237 g/mol. The highest BCUT2D eigenvalue weighted by Gasteiger charge is 2.53. The molecule has 0 aromatic carbocycles. The minimum Gasteiger partial charge on any atom is -0.379 e. The third kappa shape index (κ3) is 2.47. The fourth-order valence-electron chi connectivity index (χ4n) is 2.72. The molecule has 2 aliphatic heterocycles. The van der Waals surface area contributed by atoms with Crippen molar-refractivity contribution >= 4 is 0 Å². The molecular weight excluding hydrogens is 214 g/mol. The molecular formula is C13H23N3O. The molecule has 0 aromatic heterocycles. The van der Waals surface area contributed by atoms with Gasteiger partial charge in [-0.25, -0.2) is 6.57 Å². The molecule has 96 valence electrons. The number of morpholine rings is 1. The SMILES string of the molecule is [C-]#[N+]CC1(N2CCOCC2)CN(C(C)(C)C)C1. The second-order valence-electron chi connectivity index (χ2n) is 6.17. The summed E-state index contributed by atoms with van der Waals surface area (Å²) in [4.78, 5) is 8.60. The molecule has 0 amide bonds. The Kier molecular flexibility index (Phi) is 3.44. The van der Waals surface area contributed by atoms with Crippen molar-refractivity contribution in [3.8, 4) is 0 Å². The van der Waals surface area contributed by atoms with Gasteiger partial charge in [-0.15, -0.1) is 0 Å². The van der Waals surface area contributed by atoms with E-state index in [1.807, 2.05) is 0 Å². The molecule has 0 saturated carbocycles. The van der Waals surface area contributed by atoms with Gasteiger partial charge in [0, 0.05) is 31.7 Å². The molecule has 0 spiro atoms. The summed E-state index contributed by atoms with van der Waals surface area (Å²) >= 11 is 0. The Morgan fingerprint density at radius 3 is 2.29 bits per heavy atom. The maximum atomic E-state index is 7.18. The van der Waals surface area contributed by atoms with Crippen LogP contribution < -0.4 is 0 Å². The summed E-state index contributed by atoms with van der Waals surface area (Å²) in [6.45, 7) is 20.2. The van der Waals surface area contributed by atoms with E-state index in [1.54, 1.807) is 0 Å². The molecule has 2 heterocycles. The summed E-state index contributed by atoms with van der Waals surface area (Å²) in [7, 11) is 0. The predicted molar refractivity (Wildman–Crippen MR) is 67.9 cm³/mol. The lowest BCUT2D eigenvalue weighted by Gasteiger charge is -2.58. The maximum absolute atomic E-state index is 7.18. The summed E-state index contributed by atoms with van der Waals surface area (Å²) in [5, 5.41) is 0. The molecule has 2 rings (SSSR count). The topological polar surface area (TPSA) is 20.1 Å². The summed E-state index contributed by atoms with van der Waals surface area (Å²) in [6.07, 6.45) is 0. The molecule has 0 N–H and O–H groups in total. The standard InChI is InChI=1S/C13H23N3O/c1-12(2,3)16-10-13(11-16,9-14-4)15-5-7-17-8-6-15/h5-11H2,1-3H3. The van der Waals surface area contributed by atoms with Gasteiger partial charge in [0.25, 0.3) is 0 Å². The Hall–Kier alpha value is -0.630. The second kappa shape index (κ2) is 4.56. The van der Waals surface area contributed by atoms with Gasteiger partial charge in [-0.2, -0.15) is 0 Å². The van der Waals surface area contributed by atoms with Gasteiger partial charge in [-0.05, 0) is 20.8 Å². The Balaban J connectivity index is 2.01. The van der Waals surface area contributed by atoms with Crippen molar-refractivity contribution in [1.29, 1.82) is 0 Å². The molecule has 17 heavy (non-hydrogen) atoms. The van der Waals surface area contributed by atoms with Crippen LogP contribution in [0.2, 0.25) is 0 Å². The summed E-state index contributed by atoms with van der Waals surface area (Å²) in [6, 6.07) is 0. The van der Waals surface area contributed by atoms with Crippen LogP contribution in [0, 0.1) is 6.57 Å². The van der Waals surface area contributed by atoms with Gasteiger partial charge >= 0.3 is 0 Å². The first-order valence-corrected chi connectivity index (χ1v) is 6.39. The lowest BCUT2D eigenvalue weighted by Crippen LogP contribution is -2.75. The normalized spacial score (nSPS) is 26.2. The zero-order chi connectivity index (χ0) is 12.5. The highest BCUT2D eigenvalue weighted by Crippen LogP contribution is 2.34. The number of likely N-dealkylation sites (tertiary alicyclic amines) is 1. The fourth-order valence-corrected chi connectivity index (χ4v) is 2.72. The number of ether oxygens (including phenoxy) is 1. The molecule has 0 unspecified atom stereocenters. The molecule has 4 heteroatoms. The first-order chi connectivity index (χ1) is 7.98. The Bertz CT molecular complexity index is 304. The predicted octanol–water partition coefficient (Wildman–Crippen LogP) is 1.09. The van der Waals surface area contributed by atoms with Crippen LogP contribution in [0.15, 0.2) is 0 Å². The number of rotatable bonds is 2. The van der Waals surface area contributed by atoms with Crippen molar-refractivity contribution in [3.05, 3.63) is 11.4 Å². The van der Waals surface area contributed by atoms with E-state index < -0.39 is 0 Å². The minimum atomic E-state index is 0.0960. The molecule has 2 aliphatic rings. The molecule has 0 atom stereocenters. The van der Waals surface area contributed by atoms with Gasteiger partial charge in [0.05, 0.1) is 13.2 Å². The summed E-state index contributed by atoms with van der Waals surface area (Å²) in [5.41, 5.74) is 0.316. The van der Waals surface area contributed by atoms with E-state index in [9.17, 15) is 0 Å². The van der Waals surface area contributed by atoms with Gasteiger partial charge in [0.15, 0.2) is 0 Å². The lowest BCUT2D eigenvalue weighted by molar-refractivity contribution is -0.113. The van der Waals surface area contributed by atoms with Crippen molar-refractivity contribution in [3.63, 3.8) is 0 Å². The average Bonchev–Trinajstić information content (AvgIpc) is 2.22. The van der Waals surface area contributed by atoms with Crippen LogP contribution in [-0.4, -0.2) is 66.8 Å². The number of hydrogen-bond donors (Lipinski definition) is 0. The van der Waals surface area contributed by atoms with Crippen LogP contribution in [0.5, 0.6) is 0 Å². The third-order valence-electron chi connectivity index (χ3n) is 3.97. The molecule has 0 radical (unpaired) electrons. The highest BCUT2D eigenvalue weighted by atomic mass is 16.5. The Morgan fingerprint density at radius 1 is 1.24 bits per heavy atom. The van der Waals surface area contributed by atoms with Crippen molar-refractivity contribution < 1.29 is 4.74 Å². The summed E-state index contributed by atoms with van der Waals surface area (Å²) < 4.78 is 5.40. The van der Waals surface area contributed by atoms with E-state index in [1.165, 1.54) is 0 Å². The van der Waals surface area contributed by atoms with Crippen LogP contribution in [0.3, 0.4) is 0 Å². The molecule has 4 nitrogen and oxygen atoms in total. The first kappa shape index (κ1) is 12.8. The fraction of sp³-hybridized carbons (Fsp3) is 0.923. The van der Waals surface area contributed by atoms with Crippen LogP contribution in [0.25, 0.3) is 4.85 Å². The largest absolute Gasteiger partial charge is 0.379 e. The molecule has 2 saturated heterocycles. The van der Waals surface area contributed by atoms with E-state index in [0.717, 1.165) is 39.4 Å². The molecule has 2 fully saturated rings. The van der Waals surface area contributed by atoms with E-state index >= 15 is 0 Å². The molecule has 0 bridgehead atoms. The second-order valence-corrected chi connectivity index (χ2v) is 6.17. The average molecular weight is 237 g/mol. The first-order valence-electron chi connectivity index (χ1n) is 6.39. The van der Waals surface area contributed by atoms with Crippen LogP contribution >= 0.6 is 0 Å². The van der Waals surface area contributed by atoms with Gasteiger partial charge in [-0.3, -0.25) is 9.80 Å². The highest BCUT2D eigenvalue weighted by molar-refractivity contribution is 5.11. The summed E-state index contributed by atoms with van der Waals surface area (Å²) in [5.74, 6) is 0. The zero-order valence-corrected chi connectivity index (χ0v) is 11.2. The Morgan fingerprint density at radius 2 is 1.82 bits per heavy atom. The molecule has 0 aromatic rings. The van der Waals surface area contributed by atoms with Crippen molar-refractivity contribution in [2.75, 3.05) is 45.9 Å². The number of hydrogen-bond acceptors (Lipinski definition) is 3. The zero-order valence-electron chi connectivity index (χ0n) is 11.2. The van der Waals surface area contributed by atoms with Crippen LogP contribution in [0.4, 0.5) is 0 Å². The van der Waals surface area contributed by atoms with E-state index in [-0.39, 0.29) is 11.1 Å². The third-order valence-corrected chi connectivity index (χ3v) is 3.97.